The zero-order valence-electron chi connectivity index (χ0n) is 11.6. The Hall–Kier alpha value is -1.40. The fourth-order valence-electron chi connectivity index (χ4n) is 1.54. The number of hydrogen-bond donors (Lipinski definition) is 1. The van der Waals surface area contributed by atoms with Crippen molar-refractivity contribution in [2.45, 2.75) is 20.3 Å². The Morgan fingerprint density at radius 3 is 2.90 bits per heavy atom. The van der Waals surface area contributed by atoms with Crippen molar-refractivity contribution in [2.75, 3.05) is 11.9 Å². The molecule has 0 unspecified atom stereocenters. The Balaban J connectivity index is 2.28. The number of halogens is 3. The number of hydrogen-bond acceptors (Lipinski definition) is 4. The highest BCUT2D eigenvalue weighted by atomic mass is 79.9. The predicted molar refractivity (Wildman–Crippen MR) is 84.7 cm³/mol. The summed E-state index contributed by atoms with van der Waals surface area (Å²) >= 11 is 9.00. The summed E-state index contributed by atoms with van der Waals surface area (Å²) in [5.74, 6) is 0.597. The molecule has 0 atom stereocenters. The summed E-state index contributed by atoms with van der Waals surface area (Å²) in [7, 11) is 0. The van der Waals surface area contributed by atoms with E-state index in [2.05, 4.69) is 31.2 Å². The summed E-state index contributed by atoms with van der Waals surface area (Å²) in [5, 5.41) is 3.10. The Labute approximate surface area is 135 Å². The van der Waals surface area contributed by atoms with Gasteiger partial charge in [-0.2, -0.15) is 4.98 Å². The average molecular weight is 375 g/mol. The van der Waals surface area contributed by atoms with E-state index < -0.39 is 5.82 Å². The van der Waals surface area contributed by atoms with E-state index in [0.29, 0.717) is 22.1 Å². The van der Waals surface area contributed by atoms with E-state index in [1.165, 1.54) is 12.1 Å². The van der Waals surface area contributed by atoms with Gasteiger partial charge in [0, 0.05) is 24.4 Å². The fraction of sp³-hybridized carbons (Fsp3) is 0.286. The quantitative estimate of drug-likeness (QED) is 0.752. The highest BCUT2D eigenvalue weighted by molar-refractivity contribution is 9.10. The smallest absolute Gasteiger partial charge is 0.227 e. The van der Waals surface area contributed by atoms with Gasteiger partial charge in [-0.05, 0) is 35.3 Å². The van der Waals surface area contributed by atoms with Crippen molar-refractivity contribution in [3.05, 3.63) is 39.2 Å². The molecule has 1 aromatic carbocycles. The van der Waals surface area contributed by atoms with Gasteiger partial charge in [0.15, 0.2) is 0 Å². The maximum Gasteiger partial charge on any atom is 0.227 e. The number of aromatic nitrogens is 2. The second-order valence-electron chi connectivity index (χ2n) is 4.41. The zero-order valence-corrected chi connectivity index (χ0v) is 13.9. The first-order valence-corrected chi connectivity index (χ1v) is 7.58. The first kappa shape index (κ1) is 16.0. The Bertz CT molecular complexity index is 654. The van der Waals surface area contributed by atoms with Gasteiger partial charge in [-0.25, -0.2) is 9.37 Å². The van der Waals surface area contributed by atoms with Crippen LogP contribution in [0.4, 0.5) is 10.3 Å². The zero-order chi connectivity index (χ0) is 15.4. The van der Waals surface area contributed by atoms with Gasteiger partial charge in [0.25, 0.3) is 0 Å². The molecule has 112 valence electrons. The van der Waals surface area contributed by atoms with E-state index in [1.807, 2.05) is 13.8 Å². The Morgan fingerprint density at radius 1 is 1.43 bits per heavy atom. The summed E-state index contributed by atoms with van der Waals surface area (Å²) in [4.78, 5) is 8.44. The summed E-state index contributed by atoms with van der Waals surface area (Å²) in [6, 6.07) is 2.66. The molecule has 4 nitrogen and oxygen atoms in total. The van der Waals surface area contributed by atoms with Crippen molar-refractivity contribution in [2.24, 2.45) is 0 Å². The van der Waals surface area contributed by atoms with Gasteiger partial charge in [0.05, 0.1) is 9.50 Å². The number of nitrogens with one attached hydrogen (secondary N) is 1. The highest BCUT2D eigenvalue weighted by Crippen LogP contribution is 2.34. The lowest BCUT2D eigenvalue weighted by Crippen LogP contribution is -2.05. The monoisotopic (exact) mass is 373 g/mol. The number of rotatable bonds is 5. The van der Waals surface area contributed by atoms with E-state index in [4.69, 9.17) is 16.3 Å². The maximum absolute atomic E-state index is 13.5. The predicted octanol–water partition coefficient (Wildman–Crippen LogP) is 4.95. The minimum Gasteiger partial charge on any atom is -0.437 e. The molecule has 0 fully saturated rings. The Morgan fingerprint density at radius 2 is 2.19 bits per heavy atom. The van der Waals surface area contributed by atoms with Gasteiger partial charge in [-0.15, -0.1) is 0 Å². The summed E-state index contributed by atoms with van der Waals surface area (Å²) in [5.41, 5.74) is 0.749. The van der Waals surface area contributed by atoms with Crippen LogP contribution in [0.5, 0.6) is 11.6 Å². The summed E-state index contributed by atoms with van der Waals surface area (Å²) in [6.07, 6.45) is 2.61. The third-order valence-electron chi connectivity index (χ3n) is 2.64. The van der Waals surface area contributed by atoms with Crippen LogP contribution in [0.2, 0.25) is 5.02 Å². The van der Waals surface area contributed by atoms with Gasteiger partial charge < -0.3 is 10.1 Å². The van der Waals surface area contributed by atoms with Crippen molar-refractivity contribution in [3.63, 3.8) is 0 Å². The van der Waals surface area contributed by atoms with Crippen LogP contribution < -0.4 is 10.1 Å². The molecule has 2 rings (SSSR count). The standard InChI is InChI=1S/C14H14BrClFN3O/c1-3-4-18-14-19-7-8(2)13(20-14)21-12-6-11(17)10(16)5-9(12)15/h5-7H,3-4H2,1-2H3,(H,18,19,20). The summed E-state index contributed by atoms with van der Waals surface area (Å²) < 4.78 is 19.7. The minimum atomic E-state index is -0.550. The molecule has 0 bridgehead atoms. The molecule has 0 aliphatic heterocycles. The molecule has 0 aliphatic rings. The number of benzene rings is 1. The highest BCUT2D eigenvalue weighted by Gasteiger charge is 2.12. The van der Waals surface area contributed by atoms with Crippen LogP contribution in [0.3, 0.4) is 0 Å². The van der Waals surface area contributed by atoms with E-state index >= 15 is 0 Å². The van der Waals surface area contributed by atoms with E-state index in [0.717, 1.165) is 18.5 Å². The average Bonchev–Trinajstić information content (AvgIpc) is 2.45. The van der Waals surface area contributed by atoms with Crippen molar-refractivity contribution in [1.82, 2.24) is 9.97 Å². The third kappa shape index (κ3) is 4.04. The van der Waals surface area contributed by atoms with Crippen molar-refractivity contribution in [3.8, 4) is 11.6 Å². The van der Waals surface area contributed by atoms with E-state index in [-0.39, 0.29) is 5.02 Å². The molecular weight excluding hydrogens is 361 g/mol. The number of nitrogens with zero attached hydrogens (tertiary/aromatic N) is 2. The molecule has 0 saturated carbocycles. The largest absolute Gasteiger partial charge is 0.437 e. The molecule has 0 spiro atoms. The van der Waals surface area contributed by atoms with Gasteiger partial charge in [-0.1, -0.05) is 18.5 Å². The normalized spacial score (nSPS) is 10.5. The third-order valence-corrected chi connectivity index (χ3v) is 3.55. The van der Waals surface area contributed by atoms with Crippen molar-refractivity contribution < 1.29 is 9.13 Å². The molecule has 0 radical (unpaired) electrons. The van der Waals surface area contributed by atoms with E-state index in [1.54, 1.807) is 6.20 Å². The lowest BCUT2D eigenvalue weighted by atomic mass is 10.3. The lowest BCUT2D eigenvalue weighted by molar-refractivity contribution is 0.450. The number of ether oxygens (including phenoxy) is 1. The molecule has 21 heavy (non-hydrogen) atoms. The molecule has 0 amide bonds. The van der Waals surface area contributed by atoms with Crippen molar-refractivity contribution >= 4 is 33.5 Å². The lowest BCUT2D eigenvalue weighted by Gasteiger charge is -2.11. The Kier molecular flexibility index (Phi) is 5.36. The van der Waals surface area contributed by atoms with Crippen LogP contribution in [-0.2, 0) is 0 Å². The molecule has 0 aliphatic carbocycles. The van der Waals surface area contributed by atoms with Crippen LogP contribution in [0, 0.1) is 12.7 Å². The van der Waals surface area contributed by atoms with Gasteiger partial charge in [0.2, 0.25) is 11.8 Å². The molecule has 1 heterocycles. The van der Waals surface area contributed by atoms with Gasteiger partial charge in [-0.3, -0.25) is 0 Å². The van der Waals surface area contributed by atoms with Crippen LogP contribution in [0.1, 0.15) is 18.9 Å². The van der Waals surface area contributed by atoms with Gasteiger partial charge >= 0.3 is 0 Å². The maximum atomic E-state index is 13.5. The molecule has 1 N–H and O–H groups in total. The molecule has 1 aromatic heterocycles. The van der Waals surface area contributed by atoms with Crippen LogP contribution in [-0.4, -0.2) is 16.5 Å². The number of aryl methyl sites for hydroxylation is 1. The molecule has 7 heteroatoms. The fourth-order valence-corrected chi connectivity index (χ4v) is 2.26. The second kappa shape index (κ2) is 7.04. The number of anilines is 1. The van der Waals surface area contributed by atoms with Crippen LogP contribution in [0.25, 0.3) is 0 Å². The molecule has 2 aromatic rings. The van der Waals surface area contributed by atoms with Crippen LogP contribution in [0.15, 0.2) is 22.8 Å². The SMILES string of the molecule is CCCNc1ncc(C)c(Oc2cc(F)c(Cl)cc2Br)n1. The van der Waals surface area contributed by atoms with Crippen molar-refractivity contribution in [1.29, 1.82) is 0 Å². The van der Waals surface area contributed by atoms with Crippen LogP contribution >= 0.6 is 27.5 Å². The second-order valence-corrected chi connectivity index (χ2v) is 5.67. The molecular formula is C14H14BrClFN3O. The first-order valence-electron chi connectivity index (χ1n) is 6.41. The summed E-state index contributed by atoms with van der Waals surface area (Å²) in [6.45, 7) is 4.63. The topological polar surface area (TPSA) is 47.0 Å². The van der Waals surface area contributed by atoms with Gasteiger partial charge in [0.1, 0.15) is 11.6 Å². The van der Waals surface area contributed by atoms with E-state index in [9.17, 15) is 4.39 Å². The first-order chi connectivity index (χ1) is 10.0. The molecule has 0 saturated heterocycles. The minimum absolute atomic E-state index is 0.0268.